The highest BCUT2D eigenvalue weighted by atomic mass is 16.5. The zero-order valence-corrected chi connectivity index (χ0v) is 10.9. The molecule has 0 radical (unpaired) electrons. The molecule has 2 unspecified atom stereocenters. The number of rotatable bonds is 9. The number of carbonyl (C=O) groups excluding carboxylic acids is 1. The minimum Gasteiger partial charge on any atom is -0.469 e. The van der Waals surface area contributed by atoms with E-state index in [0.717, 1.165) is 12.8 Å². The second kappa shape index (κ2) is 9.64. The molecular weight excluding hydrogens is 204 g/mol. The Morgan fingerprint density at radius 3 is 2.31 bits per heavy atom. The van der Waals surface area contributed by atoms with Crippen LogP contribution in [0, 0.1) is 5.92 Å². The van der Waals surface area contributed by atoms with Gasteiger partial charge in [-0.1, -0.05) is 45.4 Å². The molecule has 0 saturated carbocycles. The predicted octanol–water partition coefficient (Wildman–Crippen LogP) is 2.91. The van der Waals surface area contributed by atoms with Gasteiger partial charge >= 0.3 is 5.97 Å². The Morgan fingerprint density at radius 2 is 1.75 bits per heavy atom. The number of aliphatic hydroxyl groups is 1. The molecule has 0 aromatic carbocycles. The second-order valence-corrected chi connectivity index (χ2v) is 4.44. The van der Waals surface area contributed by atoms with Gasteiger partial charge in [0, 0.05) is 0 Å². The van der Waals surface area contributed by atoms with Crippen LogP contribution in [0.2, 0.25) is 0 Å². The number of methoxy groups -OCH3 is 1. The Balaban J connectivity index is 3.49. The maximum atomic E-state index is 11.1. The average molecular weight is 230 g/mol. The van der Waals surface area contributed by atoms with Crippen LogP contribution in [0.1, 0.15) is 58.8 Å². The molecule has 0 spiro atoms. The van der Waals surface area contributed by atoms with Crippen molar-refractivity contribution in [2.45, 2.75) is 64.9 Å². The molecule has 0 aliphatic carbocycles. The topological polar surface area (TPSA) is 46.5 Å². The molecule has 0 amide bonds. The fourth-order valence-electron chi connectivity index (χ4n) is 1.73. The van der Waals surface area contributed by atoms with Crippen molar-refractivity contribution in [1.29, 1.82) is 0 Å². The molecule has 16 heavy (non-hydrogen) atoms. The molecule has 0 aromatic rings. The van der Waals surface area contributed by atoms with Gasteiger partial charge in [-0.25, -0.2) is 0 Å². The Labute approximate surface area is 99.2 Å². The van der Waals surface area contributed by atoms with Crippen molar-refractivity contribution in [2.75, 3.05) is 7.11 Å². The number of esters is 1. The van der Waals surface area contributed by atoms with E-state index in [4.69, 9.17) is 0 Å². The van der Waals surface area contributed by atoms with E-state index in [-0.39, 0.29) is 5.97 Å². The number of unbranched alkanes of at least 4 members (excludes halogenated alkanes) is 5. The lowest BCUT2D eigenvalue weighted by molar-refractivity contribution is -0.148. The van der Waals surface area contributed by atoms with E-state index in [1.807, 2.05) is 0 Å². The molecular formula is C13H26O3. The van der Waals surface area contributed by atoms with Crippen molar-refractivity contribution in [1.82, 2.24) is 0 Å². The van der Waals surface area contributed by atoms with Crippen molar-refractivity contribution >= 4 is 5.97 Å². The van der Waals surface area contributed by atoms with Crippen LogP contribution in [0.5, 0.6) is 0 Å². The highest BCUT2D eigenvalue weighted by Crippen LogP contribution is 2.14. The van der Waals surface area contributed by atoms with E-state index < -0.39 is 12.0 Å². The Hall–Kier alpha value is -0.570. The highest BCUT2D eigenvalue weighted by Gasteiger charge is 2.21. The molecule has 3 heteroatoms. The number of hydrogen-bond donors (Lipinski definition) is 1. The first-order valence-corrected chi connectivity index (χ1v) is 6.39. The maximum Gasteiger partial charge on any atom is 0.311 e. The molecule has 1 N–H and O–H groups in total. The van der Waals surface area contributed by atoms with Crippen LogP contribution < -0.4 is 0 Å². The van der Waals surface area contributed by atoms with Gasteiger partial charge in [-0.3, -0.25) is 4.79 Å². The number of hydrogen-bond acceptors (Lipinski definition) is 3. The van der Waals surface area contributed by atoms with Crippen molar-refractivity contribution in [3.8, 4) is 0 Å². The largest absolute Gasteiger partial charge is 0.469 e. The van der Waals surface area contributed by atoms with E-state index in [1.54, 1.807) is 6.92 Å². The average Bonchev–Trinajstić information content (AvgIpc) is 2.31. The third-order valence-corrected chi connectivity index (χ3v) is 3.00. The Kier molecular flexibility index (Phi) is 9.30. The summed E-state index contributed by atoms with van der Waals surface area (Å²) in [6, 6.07) is 0. The van der Waals surface area contributed by atoms with Crippen LogP contribution in [0.3, 0.4) is 0 Å². The summed E-state index contributed by atoms with van der Waals surface area (Å²) >= 11 is 0. The summed E-state index contributed by atoms with van der Waals surface area (Å²) in [6.07, 6.45) is 7.33. The van der Waals surface area contributed by atoms with Crippen LogP contribution in [-0.2, 0) is 9.53 Å². The van der Waals surface area contributed by atoms with E-state index in [1.165, 1.54) is 32.8 Å². The van der Waals surface area contributed by atoms with Crippen molar-refractivity contribution in [3.05, 3.63) is 0 Å². The van der Waals surface area contributed by atoms with Gasteiger partial charge in [0.15, 0.2) is 0 Å². The molecule has 0 fully saturated rings. The first-order valence-electron chi connectivity index (χ1n) is 6.39. The molecule has 0 aliphatic rings. The summed E-state index contributed by atoms with van der Waals surface area (Å²) in [7, 11) is 1.36. The molecule has 0 rings (SSSR count). The van der Waals surface area contributed by atoms with Crippen LogP contribution >= 0.6 is 0 Å². The van der Waals surface area contributed by atoms with Crippen molar-refractivity contribution < 1.29 is 14.6 Å². The molecule has 0 heterocycles. The van der Waals surface area contributed by atoms with Crippen LogP contribution in [0.25, 0.3) is 0 Å². The fraction of sp³-hybridized carbons (Fsp3) is 0.923. The van der Waals surface area contributed by atoms with E-state index in [0.29, 0.717) is 6.42 Å². The Bertz CT molecular complexity index is 180. The van der Waals surface area contributed by atoms with E-state index >= 15 is 0 Å². The van der Waals surface area contributed by atoms with E-state index in [9.17, 15) is 9.90 Å². The molecule has 96 valence electrons. The van der Waals surface area contributed by atoms with Crippen LogP contribution in [0.4, 0.5) is 0 Å². The van der Waals surface area contributed by atoms with Gasteiger partial charge in [0.1, 0.15) is 0 Å². The smallest absolute Gasteiger partial charge is 0.311 e. The van der Waals surface area contributed by atoms with Gasteiger partial charge in [-0.15, -0.1) is 0 Å². The lowest BCUT2D eigenvalue weighted by Gasteiger charge is -2.16. The lowest BCUT2D eigenvalue weighted by atomic mass is 9.98. The monoisotopic (exact) mass is 230 g/mol. The first kappa shape index (κ1) is 15.4. The number of aliphatic hydroxyl groups excluding tert-OH is 1. The quantitative estimate of drug-likeness (QED) is 0.489. The summed E-state index contributed by atoms with van der Waals surface area (Å²) < 4.78 is 4.59. The first-order chi connectivity index (χ1) is 7.63. The minimum absolute atomic E-state index is 0.321. The fourth-order valence-corrected chi connectivity index (χ4v) is 1.73. The van der Waals surface area contributed by atoms with Crippen LogP contribution in [0.15, 0.2) is 0 Å². The SMILES string of the molecule is CCCCCCCCC(O)C(C)C(=O)OC. The summed E-state index contributed by atoms with van der Waals surface area (Å²) in [5, 5.41) is 9.72. The Morgan fingerprint density at radius 1 is 1.19 bits per heavy atom. The van der Waals surface area contributed by atoms with Gasteiger partial charge < -0.3 is 9.84 Å². The standard InChI is InChI=1S/C13H26O3/c1-4-5-6-7-8-9-10-12(14)11(2)13(15)16-3/h11-12,14H,4-10H2,1-3H3. The molecule has 0 bridgehead atoms. The van der Waals surface area contributed by atoms with E-state index in [2.05, 4.69) is 11.7 Å². The lowest BCUT2D eigenvalue weighted by Crippen LogP contribution is -2.26. The zero-order chi connectivity index (χ0) is 12.4. The summed E-state index contributed by atoms with van der Waals surface area (Å²) in [5.41, 5.74) is 0. The van der Waals surface area contributed by atoms with Gasteiger partial charge in [0.05, 0.1) is 19.1 Å². The third kappa shape index (κ3) is 6.83. The van der Waals surface area contributed by atoms with Gasteiger partial charge in [0.2, 0.25) is 0 Å². The summed E-state index contributed by atoms with van der Waals surface area (Å²) in [4.78, 5) is 11.1. The predicted molar refractivity (Wildman–Crippen MR) is 65.2 cm³/mol. The molecule has 3 nitrogen and oxygen atoms in total. The molecule has 0 aromatic heterocycles. The van der Waals surface area contributed by atoms with Gasteiger partial charge in [0.25, 0.3) is 0 Å². The number of carbonyl (C=O) groups is 1. The second-order valence-electron chi connectivity index (χ2n) is 4.44. The van der Waals surface area contributed by atoms with Gasteiger partial charge in [-0.2, -0.15) is 0 Å². The van der Waals surface area contributed by atoms with Crippen molar-refractivity contribution in [3.63, 3.8) is 0 Å². The normalized spacial score (nSPS) is 14.5. The molecule has 0 aliphatic heterocycles. The molecule has 0 saturated heterocycles. The van der Waals surface area contributed by atoms with Gasteiger partial charge in [-0.05, 0) is 13.3 Å². The zero-order valence-electron chi connectivity index (χ0n) is 10.9. The maximum absolute atomic E-state index is 11.1. The van der Waals surface area contributed by atoms with Crippen LogP contribution in [-0.4, -0.2) is 24.3 Å². The minimum atomic E-state index is -0.557. The summed E-state index contributed by atoms with van der Waals surface area (Å²) in [5.74, 6) is -0.723. The van der Waals surface area contributed by atoms with Crippen molar-refractivity contribution in [2.24, 2.45) is 5.92 Å². The highest BCUT2D eigenvalue weighted by molar-refractivity contribution is 5.72. The summed E-state index contributed by atoms with van der Waals surface area (Å²) in [6.45, 7) is 3.91. The number of ether oxygens (including phenoxy) is 1. The molecule has 2 atom stereocenters. The third-order valence-electron chi connectivity index (χ3n) is 3.00.